The van der Waals surface area contributed by atoms with Gasteiger partial charge in [-0.15, -0.1) is 0 Å². The second-order valence-electron chi connectivity index (χ2n) is 6.26. The van der Waals surface area contributed by atoms with Crippen LogP contribution in [0.15, 0.2) is 18.3 Å². The fourth-order valence-corrected chi connectivity index (χ4v) is 3.27. The Morgan fingerprint density at radius 1 is 1.43 bits per heavy atom. The summed E-state index contributed by atoms with van der Waals surface area (Å²) in [6.45, 7) is 4.89. The number of ether oxygens (including phenoxy) is 1. The van der Waals surface area contributed by atoms with Crippen LogP contribution in [0.4, 0.5) is 0 Å². The van der Waals surface area contributed by atoms with Crippen molar-refractivity contribution in [3.8, 4) is 0 Å². The van der Waals surface area contributed by atoms with Gasteiger partial charge in [0.05, 0.1) is 0 Å². The third-order valence-corrected chi connectivity index (χ3v) is 4.77. The zero-order valence-corrected chi connectivity index (χ0v) is 13.5. The number of rotatable bonds is 6. The Hall–Kier alpha value is -1.29. The molecule has 1 aliphatic heterocycles. The van der Waals surface area contributed by atoms with E-state index in [-0.39, 0.29) is 0 Å². The van der Waals surface area contributed by atoms with E-state index >= 15 is 0 Å². The van der Waals surface area contributed by atoms with Crippen LogP contribution in [-0.4, -0.2) is 42.2 Å². The predicted molar refractivity (Wildman–Crippen MR) is 84.1 cm³/mol. The number of likely N-dealkylation sites (tertiary alicyclic amines) is 1. The smallest absolute Gasteiger partial charge is 0.222 e. The van der Waals surface area contributed by atoms with Crippen molar-refractivity contribution in [1.82, 2.24) is 9.47 Å². The molecule has 0 aromatic carbocycles. The van der Waals surface area contributed by atoms with E-state index in [0.717, 1.165) is 39.0 Å². The number of amides is 1. The van der Waals surface area contributed by atoms with Crippen LogP contribution in [0.1, 0.15) is 31.9 Å². The summed E-state index contributed by atoms with van der Waals surface area (Å²) in [5, 5.41) is 0. The zero-order chi connectivity index (χ0) is 15.2. The van der Waals surface area contributed by atoms with Crippen molar-refractivity contribution in [2.75, 3.05) is 26.8 Å². The van der Waals surface area contributed by atoms with Crippen LogP contribution in [0, 0.1) is 11.8 Å². The first-order valence-electron chi connectivity index (χ1n) is 7.98. The number of carbonyl (C=O) groups is 1. The van der Waals surface area contributed by atoms with Gasteiger partial charge >= 0.3 is 0 Å². The van der Waals surface area contributed by atoms with Gasteiger partial charge in [-0.25, -0.2) is 0 Å². The van der Waals surface area contributed by atoms with Gasteiger partial charge in [-0.1, -0.05) is 6.92 Å². The lowest BCUT2D eigenvalue weighted by molar-refractivity contribution is -0.132. The minimum atomic E-state index is 0.300. The Kier molecular flexibility index (Phi) is 5.85. The van der Waals surface area contributed by atoms with Gasteiger partial charge in [0.1, 0.15) is 0 Å². The van der Waals surface area contributed by atoms with Crippen LogP contribution in [0.3, 0.4) is 0 Å². The Bertz CT molecular complexity index is 447. The van der Waals surface area contributed by atoms with Crippen molar-refractivity contribution in [3.63, 3.8) is 0 Å². The average molecular weight is 292 g/mol. The first kappa shape index (κ1) is 16.1. The number of nitrogens with zero attached hydrogens (tertiary/aromatic N) is 2. The van der Waals surface area contributed by atoms with Crippen molar-refractivity contribution >= 4 is 5.91 Å². The summed E-state index contributed by atoms with van der Waals surface area (Å²) < 4.78 is 7.33. The summed E-state index contributed by atoms with van der Waals surface area (Å²) >= 11 is 0. The molecule has 1 aromatic rings. The highest BCUT2D eigenvalue weighted by molar-refractivity contribution is 5.76. The summed E-state index contributed by atoms with van der Waals surface area (Å²) in [4.78, 5) is 14.3. The molecule has 0 N–H and O–H groups in total. The highest BCUT2D eigenvalue weighted by Crippen LogP contribution is 2.25. The summed E-state index contributed by atoms with van der Waals surface area (Å²) in [5.74, 6) is 1.59. The molecule has 0 unspecified atom stereocenters. The average Bonchev–Trinajstić information content (AvgIpc) is 2.90. The lowest BCUT2D eigenvalue weighted by atomic mass is 9.86. The minimum Gasteiger partial charge on any atom is -0.384 e. The third kappa shape index (κ3) is 4.34. The van der Waals surface area contributed by atoms with E-state index in [4.69, 9.17) is 4.74 Å². The van der Waals surface area contributed by atoms with Gasteiger partial charge in [0, 0.05) is 52.2 Å². The van der Waals surface area contributed by atoms with E-state index in [2.05, 4.69) is 17.6 Å². The molecule has 1 aromatic heterocycles. The first-order valence-corrected chi connectivity index (χ1v) is 7.98. The SMILES string of the molecule is COC[C@H](C)C1CCN(C(=O)CCc2cccn2C)CC1. The molecule has 0 spiro atoms. The predicted octanol–water partition coefficient (Wildman–Crippen LogP) is 2.48. The van der Waals surface area contributed by atoms with E-state index in [1.54, 1.807) is 7.11 Å². The topological polar surface area (TPSA) is 34.5 Å². The van der Waals surface area contributed by atoms with Crippen molar-refractivity contribution in [1.29, 1.82) is 0 Å². The minimum absolute atomic E-state index is 0.300. The van der Waals surface area contributed by atoms with Crippen LogP contribution >= 0.6 is 0 Å². The number of hydrogen-bond acceptors (Lipinski definition) is 2. The molecule has 1 amide bonds. The van der Waals surface area contributed by atoms with Gasteiger partial charge in [-0.2, -0.15) is 0 Å². The van der Waals surface area contributed by atoms with Crippen molar-refractivity contribution in [2.24, 2.45) is 18.9 Å². The molecule has 118 valence electrons. The molecule has 1 atom stereocenters. The molecule has 0 saturated carbocycles. The van der Waals surface area contributed by atoms with Crippen LogP contribution in [0.2, 0.25) is 0 Å². The van der Waals surface area contributed by atoms with Crippen LogP contribution in [0.25, 0.3) is 0 Å². The first-order chi connectivity index (χ1) is 10.1. The highest BCUT2D eigenvalue weighted by Gasteiger charge is 2.26. The lowest BCUT2D eigenvalue weighted by Crippen LogP contribution is -2.40. The second-order valence-corrected chi connectivity index (χ2v) is 6.26. The van der Waals surface area contributed by atoms with E-state index in [0.29, 0.717) is 24.2 Å². The molecule has 0 radical (unpaired) electrons. The number of hydrogen-bond donors (Lipinski definition) is 0. The molecule has 4 nitrogen and oxygen atoms in total. The Labute approximate surface area is 128 Å². The Balaban J connectivity index is 1.74. The van der Waals surface area contributed by atoms with Crippen molar-refractivity contribution in [2.45, 2.75) is 32.6 Å². The summed E-state index contributed by atoms with van der Waals surface area (Å²) in [5.41, 5.74) is 1.23. The molecule has 0 bridgehead atoms. The largest absolute Gasteiger partial charge is 0.384 e. The standard InChI is InChI=1S/C17H28N2O2/c1-14(13-21-3)15-8-11-19(12-9-15)17(20)7-6-16-5-4-10-18(16)2/h4-5,10,14-15H,6-9,11-13H2,1-3H3/t14-/m0/s1. The number of aryl methyl sites for hydroxylation is 2. The third-order valence-electron chi connectivity index (χ3n) is 4.77. The molecule has 1 saturated heterocycles. The number of methoxy groups -OCH3 is 1. The van der Waals surface area contributed by atoms with E-state index in [1.807, 2.05) is 24.2 Å². The zero-order valence-electron chi connectivity index (χ0n) is 13.5. The molecule has 2 rings (SSSR count). The molecular weight excluding hydrogens is 264 g/mol. The van der Waals surface area contributed by atoms with Crippen molar-refractivity contribution < 1.29 is 9.53 Å². The van der Waals surface area contributed by atoms with Gasteiger partial charge in [0.15, 0.2) is 0 Å². The fraction of sp³-hybridized carbons (Fsp3) is 0.706. The van der Waals surface area contributed by atoms with Gasteiger partial charge in [-0.3, -0.25) is 4.79 Å². The maximum atomic E-state index is 12.3. The van der Waals surface area contributed by atoms with Gasteiger partial charge in [-0.05, 0) is 43.2 Å². The van der Waals surface area contributed by atoms with Crippen LogP contribution in [-0.2, 0) is 23.0 Å². The van der Waals surface area contributed by atoms with E-state index in [9.17, 15) is 4.79 Å². The normalized spacial score (nSPS) is 18.0. The monoisotopic (exact) mass is 292 g/mol. The molecule has 21 heavy (non-hydrogen) atoms. The van der Waals surface area contributed by atoms with E-state index in [1.165, 1.54) is 5.69 Å². The molecular formula is C17H28N2O2. The maximum Gasteiger partial charge on any atom is 0.222 e. The van der Waals surface area contributed by atoms with Crippen LogP contribution < -0.4 is 0 Å². The molecule has 1 fully saturated rings. The number of aromatic nitrogens is 1. The van der Waals surface area contributed by atoms with Gasteiger partial charge in [0.2, 0.25) is 5.91 Å². The van der Waals surface area contributed by atoms with Crippen molar-refractivity contribution in [3.05, 3.63) is 24.0 Å². The molecule has 4 heteroatoms. The Morgan fingerprint density at radius 3 is 2.71 bits per heavy atom. The summed E-state index contributed by atoms with van der Waals surface area (Å²) in [6, 6.07) is 4.12. The highest BCUT2D eigenvalue weighted by atomic mass is 16.5. The van der Waals surface area contributed by atoms with Crippen LogP contribution in [0.5, 0.6) is 0 Å². The molecule has 0 aliphatic carbocycles. The number of piperidine rings is 1. The van der Waals surface area contributed by atoms with E-state index < -0.39 is 0 Å². The summed E-state index contributed by atoms with van der Waals surface area (Å²) in [7, 11) is 3.79. The summed E-state index contributed by atoms with van der Waals surface area (Å²) in [6.07, 6.45) is 5.71. The van der Waals surface area contributed by atoms with Gasteiger partial charge < -0.3 is 14.2 Å². The van der Waals surface area contributed by atoms with Gasteiger partial charge in [0.25, 0.3) is 0 Å². The maximum absolute atomic E-state index is 12.3. The lowest BCUT2D eigenvalue weighted by Gasteiger charge is -2.34. The molecule has 1 aliphatic rings. The number of carbonyl (C=O) groups excluding carboxylic acids is 1. The second kappa shape index (κ2) is 7.64. The quantitative estimate of drug-likeness (QED) is 0.807. The molecule has 2 heterocycles. The Morgan fingerprint density at radius 2 is 2.14 bits per heavy atom. The fourth-order valence-electron chi connectivity index (χ4n) is 3.27.